The van der Waals surface area contributed by atoms with Crippen LogP contribution in [0.4, 0.5) is 0 Å². The van der Waals surface area contributed by atoms with E-state index in [2.05, 4.69) is 41.2 Å². The lowest BCUT2D eigenvalue weighted by molar-refractivity contribution is 0.393. The van der Waals surface area contributed by atoms with Gasteiger partial charge in [0.2, 0.25) is 0 Å². The van der Waals surface area contributed by atoms with Crippen molar-refractivity contribution in [3.63, 3.8) is 0 Å². The van der Waals surface area contributed by atoms with Crippen molar-refractivity contribution in [2.45, 2.75) is 52.0 Å². The zero-order chi connectivity index (χ0) is 13.7. The summed E-state index contributed by atoms with van der Waals surface area (Å²) < 4.78 is 6.59. The van der Waals surface area contributed by atoms with Crippen molar-refractivity contribution in [2.24, 2.45) is 5.92 Å². The summed E-state index contributed by atoms with van der Waals surface area (Å²) in [6.45, 7) is 5.36. The van der Waals surface area contributed by atoms with Gasteiger partial charge in [-0.3, -0.25) is 0 Å². The van der Waals surface area contributed by atoms with E-state index in [0.717, 1.165) is 22.7 Å². The number of furan rings is 1. The summed E-state index contributed by atoms with van der Waals surface area (Å²) in [5.74, 6) is 1.67. The highest BCUT2D eigenvalue weighted by Gasteiger charge is 2.18. The summed E-state index contributed by atoms with van der Waals surface area (Å²) in [7, 11) is 0. The number of nitrogens with one attached hydrogen (secondary N) is 1. The molecular formula is C16H24BrNO. The fourth-order valence-electron chi connectivity index (χ4n) is 2.69. The molecular weight excluding hydrogens is 302 g/mol. The van der Waals surface area contributed by atoms with E-state index < -0.39 is 0 Å². The standard InChI is InChI=1S/C16H24BrNO/c1-12(2)18-11-14(13-6-4-3-5-7-13)10-16-15(17)8-9-19-16/h8-10,12-13,18H,3-7,11H2,1-2H3/b14-10-. The first-order valence-corrected chi connectivity index (χ1v) is 8.13. The molecule has 0 aliphatic heterocycles. The van der Waals surface area contributed by atoms with E-state index in [0.29, 0.717) is 6.04 Å². The van der Waals surface area contributed by atoms with Gasteiger partial charge < -0.3 is 9.73 Å². The molecule has 0 atom stereocenters. The van der Waals surface area contributed by atoms with Gasteiger partial charge in [0, 0.05) is 12.6 Å². The zero-order valence-electron chi connectivity index (χ0n) is 11.9. The molecule has 0 bridgehead atoms. The zero-order valence-corrected chi connectivity index (χ0v) is 13.5. The predicted molar refractivity (Wildman–Crippen MR) is 84.1 cm³/mol. The molecule has 1 aromatic rings. The van der Waals surface area contributed by atoms with Crippen LogP contribution in [-0.2, 0) is 0 Å². The van der Waals surface area contributed by atoms with E-state index >= 15 is 0 Å². The Labute approximate surface area is 124 Å². The molecule has 19 heavy (non-hydrogen) atoms. The number of halogens is 1. The van der Waals surface area contributed by atoms with Crippen LogP contribution in [0.3, 0.4) is 0 Å². The van der Waals surface area contributed by atoms with Crippen molar-refractivity contribution >= 4 is 22.0 Å². The molecule has 0 saturated heterocycles. The summed E-state index contributed by atoms with van der Waals surface area (Å²) in [5.41, 5.74) is 1.49. The van der Waals surface area contributed by atoms with Gasteiger partial charge in [-0.25, -0.2) is 0 Å². The molecule has 0 amide bonds. The lowest BCUT2D eigenvalue weighted by Gasteiger charge is -2.25. The highest BCUT2D eigenvalue weighted by Crippen LogP contribution is 2.32. The van der Waals surface area contributed by atoms with Crippen LogP contribution in [0.2, 0.25) is 0 Å². The Balaban J connectivity index is 2.12. The molecule has 1 aromatic heterocycles. The Morgan fingerprint density at radius 3 is 2.74 bits per heavy atom. The largest absolute Gasteiger partial charge is 0.464 e. The van der Waals surface area contributed by atoms with E-state index in [-0.39, 0.29) is 0 Å². The molecule has 1 aliphatic carbocycles. The third kappa shape index (κ3) is 4.50. The molecule has 1 saturated carbocycles. The monoisotopic (exact) mass is 325 g/mol. The van der Waals surface area contributed by atoms with Crippen molar-refractivity contribution in [2.75, 3.05) is 6.54 Å². The Hall–Kier alpha value is -0.540. The molecule has 1 N–H and O–H groups in total. The average molecular weight is 326 g/mol. The highest BCUT2D eigenvalue weighted by atomic mass is 79.9. The summed E-state index contributed by atoms with van der Waals surface area (Å²) >= 11 is 3.54. The van der Waals surface area contributed by atoms with Crippen LogP contribution in [0.1, 0.15) is 51.7 Å². The molecule has 3 heteroatoms. The molecule has 2 nitrogen and oxygen atoms in total. The summed E-state index contributed by atoms with van der Waals surface area (Å²) in [6, 6.07) is 2.48. The Kier molecular flexibility index (Phi) is 5.71. The van der Waals surface area contributed by atoms with Gasteiger partial charge in [0.1, 0.15) is 5.76 Å². The van der Waals surface area contributed by atoms with E-state index in [1.807, 2.05) is 6.07 Å². The molecule has 2 rings (SSSR count). The molecule has 0 unspecified atom stereocenters. The van der Waals surface area contributed by atoms with Gasteiger partial charge >= 0.3 is 0 Å². The maximum Gasteiger partial charge on any atom is 0.140 e. The van der Waals surface area contributed by atoms with Gasteiger partial charge in [0.15, 0.2) is 0 Å². The Bertz CT molecular complexity index is 416. The highest BCUT2D eigenvalue weighted by molar-refractivity contribution is 9.10. The lowest BCUT2D eigenvalue weighted by Crippen LogP contribution is -2.27. The van der Waals surface area contributed by atoms with E-state index in [9.17, 15) is 0 Å². The number of hydrogen-bond acceptors (Lipinski definition) is 2. The minimum Gasteiger partial charge on any atom is -0.464 e. The quantitative estimate of drug-likeness (QED) is 0.823. The van der Waals surface area contributed by atoms with Crippen LogP contribution >= 0.6 is 15.9 Å². The average Bonchev–Trinajstić information content (AvgIpc) is 2.81. The van der Waals surface area contributed by atoms with Gasteiger partial charge in [-0.05, 0) is 52.4 Å². The van der Waals surface area contributed by atoms with Crippen molar-refractivity contribution in [1.82, 2.24) is 5.32 Å². The van der Waals surface area contributed by atoms with Crippen LogP contribution in [0.15, 0.2) is 26.8 Å². The second-order valence-corrected chi connectivity index (χ2v) is 6.58. The Morgan fingerprint density at radius 2 is 2.16 bits per heavy atom. The minimum absolute atomic E-state index is 0.520. The van der Waals surface area contributed by atoms with Crippen LogP contribution in [0, 0.1) is 5.92 Å². The first-order valence-electron chi connectivity index (χ1n) is 7.33. The topological polar surface area (TPSA) is 25.2 Å². The van der Waals surface area contributed by atoms with Gasteiger partial charge in [-0.15, -0.1) is 0 Å². The third-order valence-corrected chi connectivity index (χ3v) is 4.46. The fraction of sp³-hybridized carbons (Fsp3) is 0.625. The number of rotatable bonds is 5. The second-order valence-electron chi connectivity index (χ2n) is 5.72. The van der Waals surface area contributed by atoms with Gasteiger partial charge in [0.05, 0.1) is 10.7 Å². The van der Waals surface area contributed by atoms with E-state index in [1.165, 1.54) is 37.7 Å². The van der Waals surface area contributed by atoms with Crippen LogP contribution in [0.25, 0.3) is 6.08 Å². The van der Waals surface area contributed by atoms with Crippen molar-refractivity contribution in [3.05, 3.63) is 28.1 Å². The first kappa shape index (κ1) is 14.9. The van der Waals surface area contributed by atoms with E-state index in [4.69, 9.17) is 4.42 Å². The first-order chi connectivity index (χ1) is 9.16. The fourth-order valence-corrected chi connectivity index (χ4v) is 3.00. The molecule has 1 fully saturated rings. The van der Waals surface area contributed by atoms with Crippen LogP contribution < -0.4 is 5.32 Å². The summed E-state index contributed by atoms with van der Waals surface area (Å²) in [5, 5.41) is 3.55. The normalized spacial score (nSPS) is 18.2. The number of hydrogen-bond donors (Lipinski definition) is 1. The lowest BCUT2D eigenvalue weighted by atomic mass is 9.83. The minimum atomic E-state index is 0.520. The molecule has 106 valence electrons. The molecule has 0 spiro atoms. The van der Waals surface area contributed by atoms with Crippen molar-refractivity contribution in [1.29, 1.82) is 0 Å². The predicted octanol–water partition coefficient (Wildman–Crippen LogP) is 5.00. The molecule has 1 heterocycles. The molecule has 1 aliphatic rings. The summed E-state index contributed by atoms with van der Waals surface area (Å²) in [6.07, 6.45) is 10.7. The van der Waals surface area contributed by atoms with Gasteiger partial charge in [-0.1, -0.05) is 33.1 Å². The Morgan fingerprint density at radius 1 is 1.42 bits per heavy atom. The van der Waals surface area contributed by atoms with Gasteiger partial charge in [-0.2, -0.15) is 0 Å². The SMILES string of the molecule is CC(C)NC/C(=C/c1occc1Br)C1CCCCC1. The summed E-state index contributed by atoms with van der Waals surface area (Å²) in [4.78, 5) is 0. The van der Waals surface area contributed by atoms with Crippen molar-refractivity contribution < 1.29 is 4.42 Å². The molecule has 0 radical (unpaired) electrons. The molecule has 0 aromatic carbocycles. The van der Waals surface area contributed by atoms with Crippen LogP contribution in [-0.4, -0.2) is 12.6 Å². The maximum absolute atomic E-state index is 5.54. The van der Waals surface area contributed by atoms with Crippen LogP contribution in [0.5, 0.6) is 0 Å². The smallest absolute Gasteiger partial charge is 0.140 e. The second kappa shape index (κ2) is 7.30. The van der Waals surface area contributed by atoms with Gasteiger partial charge in [0.25, 0.3) is 0 Å². The van der Waals surface area contributed by atoms with Crippen molar-refractivity contribution in [3.8, 4) is 0 Å². The maximum atomic E-state index is 5.54. The van der Waals surface area contributed by atoms with E-state index in [1.54, 1.807) is 6.26 Å². The third-order valence-electron chi connectivity index (χ3n) is 3.81.